The van der Waals surface area contributed by atoms with Crippen molar-refractivity contribution in [3.63, 3.8) is 0 Å². The van der Waals surface area contributed by atoms with Gasteiger partial charge in [0.25, 0.3) is 0 Å². The summed E-state index contributed by atoms with van der Waals surface area (Å²) in [4.78, 5) is 4.87. The summed E-state index contributed by atoms with van der Waals surface area (Å²) >= 11 is 0. The van der Waals surface area contributed by atoms with Crippen molar-refractivity contribution < 1.29 is 9.15 Å². The Kier molecular flexibility index (Phi) is 3.92. The average molecular weight is 272 g/mol. The van der Waals surface area contributed by atoms with Crippen LogP contribution >= 0.6 is 0 Å². The van der Waals surface area contributed by atoms with Gasteiger partial charge in [-0.2, -0.15) is 0 Å². The third-order valence-electron chi connectivity index (χ3n) is 3.78. The van der Waals surface area contributed by atoms with E-state index in [1.807, 2.05) is 24.5 Å². The van der Waals surface area contributed by atoms with Gasteiger partial charge in [-0.15, -0.1) is 0 Å². The lowest BCUT2D eigenvalue weighted by molar-refractivity contribution is 0.249. The van der Waals surface area contributed by atoms with Crippen LogP contribution in [-0.4, -0.2) is 38.2 Å². The molecular formula is C16H20N2O2. The van der Waals surface area contributed by atoms with Gasteiger partial charge in [-0.05, 0) is 18.2 Å². The van der Waals surface area contributed by atoms with Gasteiger partial charge in [0.15, 0.2) is 0 Å². The van der Waals surface area contributed by atoms with Crippen molar-refractivity contribution in [1.82, 2.24) is 4.90 Å². The molecule has 1 aromatic carbocycles. The summed E-state index contributed by atoms with van der Waals surface area (Å²) in [5.41, 5.74) is 2.49. The molecule has 2 aromatic rings. The van der Waals surface area contributed by atoms with Crippen LogP contribution in [0.3, 0.4) is 0 Å². The number of benzene rings is 1. The molecule has 0 saturated carbocycles. The smallest absolute Gasteiger partial charge is 0.120 e. The lowest BCUT2D eigenvalue weighted by Crippen LogP contribution is -2.45. The fourth-order valence-corrected chi connectivity index (χ4v) is 2.61. The molecule has 0 amide bonds. The van der Waals surface area contributed by atoms with Gasteiger partial charge in [0.1, 0.15) is 5.75 Å². The van der Waals surface area contributed by atoms with Crippen LogP contribution in [0.25, 0.3) is 0 Å². The Balaban J connectivity index is 1.57. The summed E-state index contributed by atoms with van der Waals surface area (Å²) in [7, 11) is 1.71. The van der Waals surface area contributed by atoms with Crippen molar-refractivity contribution >= 4 is 5.69 Å². The standard InChI is InChI=1S/C16H20N2O2/c1-19-16-4-2-3-15(11-16)18-8-6-17(7-9-18)12-14-5-10-20-13-14/h2-5,10-11,13H,6-9,12H2,1H3. The van der Waals surface area contributed by atoms with Crippen LogP contribution in [0.4, 0.5) is 5.69 Å². The Hall–Kier alpha value is -1.94. The first kappa shape index (κ1) is 13.1. The van der Waals surface area contributed by atoms with Crippen LogP contribution in [-0.2, 0) is 6.54 Å². The fourth-order valence-electron chi connectivity index (χ4n) is 2.61. The summed E-state index contributed by atoms with van der Waals surface area (Å²) in [5.74, 6) is 0.920. The van der Waals surface area contributed by atoms with Gasteiger partial charge in [-0.1, -0.05) is 6.07 Å². The second kappa shape index (κ2) is 6.01. The fraction of sp³-hybridized carbons (Fsp3) is 0.375. The Labute approximate surface area is 119 Å². The number of nitrogens with zero attached hydrogens (tertiary/aromatic N) is 2. The predicted octanol–water partition coefficient (Wildman–Crippen LogP) is 2.61. The monoisotopic (exact) mass is 272 g/mol. The maximum atomic E-state index is 5.29. The minimum absolute atomic E-state index is 0.920. The van der Waals surface area contributed by atoms with Gasteiger partial charge in [-0.3, -0.25) is 4.90 Å². The van der Waals surface area contributed by atoms with E-state index in [4.69, 9.17) is 9.15 Å². The largest absolute Gasteiger partial charge is 0.497 e. The third-order valence-corrected chi connectivity index (χ3v) is 3.78. The molecule has 4 heteroatoms. The SMILES string of the molecule is COc1cccc(N2CCN(Cc3ccoc3)CC2)c1. The number of methoxy groups -OCH3 is 1. The number of hydrogen-bond donors (Lipinski definition) is 0. The third kappa shape index (κ3) is 2.96. The minimum Gasteiger partial charge on any atom is -0.497 e. The van der Waals surface area contributed by atoms with Crippen LogP contribution in [0, 0.1) is 0 Å². The number of rotatable bonds is 4. The van der Waals surface area contributed by atoms with E-state index in [0.29, 0.717) is 0 Å². The van der Waals surface area contributed by atoms with Crippen molar-refractivity contribution in [3.05, 3.63) is 48.4 Å². The summed E-state index contributed by atoms with van der Waals surface area (Å²) < 4.78 is 10.4. The van der Waals surface area contributed by atoms with Crippen molar-refractivity contribution in [2.75, 3.05) is 38.2 Å². The molecule has 0 atom stereocenters. The first-order valence-corrected chi connectivity index (χ1v) is 6.97. The highest BCUT2D eigenvalue weighted by molar-refractivity contribution is 5.51. The maximum Gasteiger partial charge on any atom is 0.120 e. The number of piperazine rings is 1. The summed E-state index contributed by atoms with van der Waals surface area (Å²) in [6.07, 6.45) is 3.57. The molecule has 1 fully saturated rings. The molecule has 2 heterocycles. The Morgan fingerprint density at radius 2 is 2.00 bits per heavy atom. The molecule has 4 nitrogen and oxygen atoms in total. The van der Waals surface area contributed by atoms with Crippen LogP contribution in [0.2, 0.25) is 0 Å². The van der Waals surface area contributed by atoms with Crippen molar-refractivity contribution in [2.45, 2.75) is 6.54 Å². The van der Waals surface area contributed by atoms with Gasteiger partial charge in [0, 0.05) is 50.0 Å². The topological polar surface area (TPSA) is 28.9 Å². The first-order valence-electron chi connectivity index (χ1n) is 6.97. The van der Waals surface area contributed by atoms with E-state index in [0.717, 1.165) is 38.5 Å². The molecular weight excluding hydrogens is 252 g/mol. The number of ether oxygens (including phenoxy) is 1. The second-order valence-corrected chi connectivity index (χ2v) is 5.10. The lowest BCUT2D eigenvalue weighted by Gasteiger charge is -2.36. The predicted molar refractivity (Wildman–Crippen MR) is 79.2 cm³/mol. The van der Waals surface area contributed by atoms with E-state index in [-0.39, 0.29) is 0 Å². The summed E-state index contributed by atoms with van der Waals surface area (Å²) in [6.45, 7) is 5.21. The van der Waals surface area contributed by atoms with Crippen LogP contribution in [0.1, 0.15) is 5.56 Å². The highest BCUT2D eigenvalue weighted by atomic mass is 16.5. The lowest BCUT2D eigenvalue weighted by atomic mass is 10.2. The van der Waals surface area contributed by atoms with E-state index in [1.165, 1.54) is 11.3 Å². The molecule has 0 spiro atoms. The van der Waals surface area contributed by atoms with Gasteiger partial charge in [-0.25, -0.2) is 0 Å². The van der Waals surface area contributed by atoms with Crippen LogP contribution < -0.4 is 9.64 Å². The van der Waals surface area contributed by atoms with Crippen molar-refractivity contribution in [2.24, 2.45) is 0 Å². The zero-order chi connectivity index (χ0) is 13.8. The highest BCUT2D eigenvalue weighted by Gasteiger charge is 2.17. The zero-order valence-corrected chi connectivity index (χ0v) is 11.8. The second-order valence-electron chi connectivity index (χ2n) is 5.10. The molecule has 1 saturated heterocycles. The van der Waals surface area contributed by atoms with E-state index in [2.05, 4.69) is 21.9 Å². The Morgan fingerprint density at radius 3 is 2.70 bits per heavy atom. The van der Waals surface area contributed by atoms with Gasteiger partial charge < -0.3 is 14.1 Å². The molecule has 3 rings (SSSR count). The van der Waals surface area contributed by atoms with Crippen molar-refractivity contribution in [3.8, 4) is 5.75 Å². The van der Waals surface area contributed by atoms with E-state index in [1.54, 1.807) is 13.4 Å². The molecule has 106 valence electrons. The van der Waals surface area contributed by atoms with Crippen LogP contribution in [0.15, 0.2) is 47.3 Å². The average Bonchev–Trinajstić information content (AvgIpc) is 3.01. The van der Waals surface area contributed by atoms with E-state index in [9.17, 15) is 0 Å². The van der Waals surface area contributed by atoms with Crippen LogP contribution in [0.5, 0.6) is 5.75 Å². The normalized spacial score (nSPS) is 16.4. The number of hydrogen-bond acceptors (Lipinski definition) is 4. The first-order chi connectivity index (χ1) is 9.85. The highest BCUT2D eigenvalue weighted by Crippen LogP contribution is 2.22. The molecule has 20 heavy (non-hydrogen) atoms. The maximum absolute atomic E-state index is 5.29. The minimum atomic E-state index is 0.920. The molecule has 1 aliphatic heterocycles. The Morgan fingerprint density at radius 1 is 1.15 bits per heavy atom. The Bertz CT molecular complexity index is 531. The molecule has 1 aliphatic rings. The quantitative estimate of drug-likeness (QED) is 0.855. The molecule has 0 bridgehead atoms. The molecule has 0 aliphatic carbocycles. The molecule has 0 unspecified atom stereocenters. The van der Waals surface area contributed by atoms with E-state index >= 15 is 0 Å². The molecule has 1 aromatic heterocycles. The van der Waals surface area contributed by atoms with E-state index < -0.39 is 0 Å². The number of anilines is 1. The van der Waals surface area contributed by atoms with Gasteiger partial charge in [0.2, 0.25) is 0 Å². The summed E-state index contributed by atoms with van der Waals surface area (Å²) in [6, 6.07) is 10.3. The zero-order valence-electron chi connectivity index (χ0n) is 11.8. The van der Waals surface area contributed by atoms with Crippen molar-refractivity contribution in [1.29, 1.82) is 0 Å². The van der Waals surface area contributed by atoms with Gasteiger partial charge in [0.05, 0.1) is 19.6 Å². The summed E-state index contributed by atoms with van der Waals surface area (Å²) in [5, 5.41) is 0. The molecule has 0 radical (unpaired) electrons. The molecule has 0 N–H and O–H groups in total. The van der Waals surface area contributed by atoms with Gasteiger partial charge >= 0.3 is 0 Å². The number of furan rings is 1.